The summed E-state index contributed by atoms with van der Waals surface area (Å²) >= 11 is 3.89. The van der Waals surface area contributed by atoms with Crippen molar-refractivity contribution in [3.05, 3.63) is 58.7 Å². The molecule has 1 aliphatic rings. The Labute approximate surface area is 162 Å². The zero-order valence-electron chi connectivity index (χ0n) is 14.6. The molecule has 140 valence electrons. The van der Waals surface area contributed by atoms with Gasteiger partial charge in [0.25, 0.3) is 0 Å². The lowest BCUT2D eigenvalue weighted by molar-refractivity contribution is -0.118. The fraction of sp³-hybridized carbons (Fsp3) is 0.250. The first-order valence-electron chi connectivity index (χ1n) is 8.70. The smallest absolute Gasteiger partial charge is 0.229 e. The Morgan fingerprint density at radius 1 is 0.926 bits per heavy atom. The van der Waals surface area contributed by atoms with Gasteiger partial charge in [0.1, 0.15) is 5.75 Å². The molecule has 2 aromatic rings. The van der Waals surface area contributed by atoms with Crippen LogP contribution in [0.1, 0.15) is 44.7 Å². The predicted octanol–water partition coefficient (Wildman–Crippen LogP) is 2.41. The van der Waals surface area contributed by atoms with Crippen molar-refractivity contribution in [3.63, 3.8) is 0 Å². The summed E-state index contributed by atoms with van der Waals surface area (Å²) in [5.41, 5.74) is 1.43. The first kappa shape index (κ1) is 19.0. The number of ketones is 2. The van der Waals surface area contributed by atoms with Gasteiger partial charge in [0.05, 0.1) is 16.9 Å². The van der Waals surface area contributed by atoms with E-state index in [1.54, 1.807) is 30.3 Å². The highest BCUT2D eigenvalue weighted by Gasteiger charge is 2.33. The monoisotopic (exact) mass is 384 g/mol. The molecule has 3 N–H and O–H groups in total. The number of amides is 1. The van der Waals surface area contributed by atoms with E-state index in [2.05, 4.69) is 23.3 Å². The van der Waals surface area contributed by atoms with E-state index < -0.39 is 0 Å². The molecule has 0 aliphatic heterocycles. The molecule has 0 aromatic heterocycles. The van der Waals surface area contributed by atoms with Gasteiger partial charge in [-0.05, 0) is 25.0 Å². The molecule has 1 aliphatic carbocycles. The van der Waals surface area contributed by atoms with Crippen molar-refractivity contribution in [2.45, 2.75) is 12.8 Å². The van der Waals surface area contributed by atoms with Gasteiger partial charge in [-0.3, -0.25) is 14.4 Å². The van der Waals surface area contributed by atoms with Crippen LogP contribution in [0, 0.1) is 0 Å². The Morgan fingerprint density at radius 2 is 1.56 bits per heavy atom. The van der Waals surface area contributed by atoms with E-state index in [0.717, 1.165) is 12.8 Å². The molecular formula is C20H20N2O4S. The van der Waals surface area contributed by atoms with Gasteiger partial charge in [0, 0.05) is 29.9 Å². The van der Waals surface area contributed by atoms with Crippen LogP contribution in [0.3, 0.4) is 0 Å². The fourth-order valence-electron chi connectivity index (χ4n) is 3.11. The van der Waals surface area contributed by atoms with Gasteiger partial charge in [0.2, 0.25) is 5.91 Å². The Morgan fingerprint density at radius 3 is 2.22 bits per heavy atom. The molecule has 2 aromatic carbocycles. The van der Waals surface area contributed by atoms with Crippen molar-refractivity contribution in [2.75, 3.05) is 24.2 Å². The zero-order chi connectivity index (χ0) is 19.4. The van der Waals surface area contributed by atoms with Crippen LogP contribution in [0.15, 0.2) is 36.4 Å². The van der Waals surface area contributed by atoms with Crippen molar-refractivity contribution in [2.24, 2.45) is 0 Å². The number of phenols is 1. The summed E-state index contributed by atoms with van der Waals surface area (Å²) in [6.07, 6.45) is 1.53. The van der Waals surface area contributed by atoms with E-state index in [9.17, 15) is 19.5 Å². The number of carbonyl (C=O) groups excluding carboxylic acids is 3. The normalized spacial score (nSPS) is 12.3. The van der Waals surface area contributed by atoms with E-state index in [4.69, 9.17) is 0 Å². The highest BCUT2D eigenvalue weighted by molar-refractivity contribution is 7.81. The lowest BCUT2D eigenvalue weighted by Crippen LogP contribution is -2.26. The molecule has 27 heavy (non-hydrogen) atoms. The molecule has 0 spiro atoms. The van der Waals surface area contributed by atoms with E-state index in [-0.39, 0.29) is 40.1 Å². The Balaban J connectivity index is 1.75. The fourth-order valence-corrected chi connectivity index (χ4v) is 3.22. The molecule has 0 unspecified atom stereocenters. The summed E-state index contributed by atoms with van der Waals surface area (Å²) < 4.78 is 0. The Kier molecular flexibility index (Phi) is 5.81. The van der Waals surface area contributed by atoms with E-state index >= 15 is 0 Å². The van der Waals surface area contributed by atoms with Crippen LogP contribution in [-0.4, -0.2) is 41.4 Å². The van der Waals surface area contributed by atoms with Gasteiger partial charge in [-0.1, -0.05) is 24.3 Å². The topological polar surface area (TPSA) is 95.5 Å². The maximum absolute atomic E-state index is 12.9. The van der Waals surface area contributed by atoms with Crippen LogP contribution < -0.4 is 10.6 Å². The van der Waals surface area contributed by atoms with Gasteiger partial charge in [-0.2, -0.15) is 12.6 Å². The summed E-state index contributed by atoms with van der Waals surface area (Å²) in [5, 5.41) is 16.1. The van der Waals surface area contributed by atoms with E-state index in [1.165, 1.54) is 6.07 Å². The third kappa shape index (κ3) is 3.83. The average Bonchev–Trinajstić information content (AvgIpc) is 2.69. The third-order valence-electron chi connectivity index (χ3n) is 4.44. The number of rotatable bonds is 7. The number of hydrogen-bond acceptors (Lipinski definition) is 6. The van der Waals surface area contributed by atoms with E-state index in [1.807, 2.05) is 0 Å². The number of phenolic OH excluding ortho intramolecular Hbond substituents is 1. The van der Waals surface area contributed by atoms with Crippen LogP contribution in [0.2, 0.25) is 0 Å². The summed E-state index contributed by atoms with van der Waals surface area (Å²) in [5.74, 6) is -0.773. The largest absolute Gasteiger partial charge is 0.507 e. The van der Waals surface area contributed by atoms with Crippen molar-refractivity contribution in [1.82, 2.24) is 5.32 Å². The zero-order valence-corrected chi connectivity index (χ0v) is 15.5. The molecule has 1 amide bonds. The number of unbranched alkanes of at least 4 members (excludes halogenated alkanes) is 1. The number of aromatic hydroxyl groups is 1. The number of fused-ring (bicyclic) bond motifs is 2. The average molecular weight is 384 g/mol. The SMILES string of the molecule is O=C(CS)NCCCCNc1ccc(O)c2c1C(=O)c1ccccc1C2=O. The van der Waals surface area contributed by atoms with Gasteiger partial charge >= 0.3 is 0 Å². The first-order valence-corrected chi connectivity index (χ1v) is 9.33. The first-order chi connectivity index (χ1) is 13.0. The lowest BCUT2D eigenvalue weighted by Gasteiger charge is -2.21. The van der Waals surface area contributed by atoms with Gasteiger partial charge in [-0.25, -0.2) is 0 Å². The quantitative estimate of drug-likeness (QED) is 0.285. The number of benzene rings is 2. The number of thiol groups is 1. The maximum atomic E-state index is 12.9. The lowest BCUT2D eigenvalue weighted by atomic mass is 9.82. The van der Waals surface area contributed by atoms with Crippen LogP contribution in [0.4, 0.5) is 5.69 Å². The maximum Gasteiger partial charge on any atom is 0.229 e. The molecule has 7 heteroatoms. The summed E-state index contributed by atoms with van der Waals surface area (Å²) in [4.78, 5) is 36.8. The third-order valence-corrected chi connectivity index (χ3v) is 4.73. The Bertz CT molecular complexity index is 911. The molecule has 0 saturated heterocycles. The van der Waals surface area contributed by atoms with Gasteiger partial charge in [-0.15, -0.1) is 0 Å². The molecular weight excluding hydrogens is 364 g/mol. The minimum absolute atomic E-state index is 0.0461. The van der Waals surface area contributed by atoms with Crippen LogP contribution >= 0.6 is 12.6 Å². The second-order valence-electron chi connectivity index (χ2n) is 6.23. The molecule has 3 rings (SSSR count). The summed E-state index contributed by atoms with van der Waals surface area (Å²) in [6, 6.07) is 9.65. The predicted molar refractivity (Wildman–Crippen MR) is 106 cm³/mol. The van der Waals surface area contributed by atoms with Gasteiger partial charge < -0.3 is 15.7 Å². The van der Waals surface area contributed by atoms with Crippen LogP contribution in [-0.2, 0) is 4.79 Å². The number of hydrogen-bond donors (Lipinski definition) is 4. The summed E-state index contributed by atoms with van der Waals surface area (Å²) in [6.45, 7) is 1.12. The second-order valence-corrected chi connectivity index (χ2v) is 6.54. The van der Waals surface area contributed by atoms with Crippen molar-refractivity contribution in [1.29, 1.82) is 0 Å². The van der Waals surface area contributed by atoms with Crippen molar-refractivity contribution in [3.8, 4) is 5.75 Å². The minimum atomic E-state index is -0.351. The van der Waals surface area contributed by atoms with Gasteiger partial charge in [0.15, 0.2) is 11.6 Å². The van der Waals surface area contributed by atoms with Crippen molar-refractivity contribution < 1.29 is 19.5 Å². The van der Waals surface area contributed by atoms with Crippen molar-refractivity contribution >= 4 is 35.8 Å². The number of nitrogens with one attached hydrogen (secondary N) is 2. The highest BCUT2D eigenvalue weighted by Crippen LogP contribution is 2.36. The van der Waals surface area contributed by atoms with E-state index in [0.29, 0.717) is 29.9 Å². The second kappa shape index (κ2) is 8.26. The molecule has 0 heterocycles. The highest BCUT2D eigenvalue weighted by atomic mass is 32.1. The number of carbonyl (C=O) groups is 3. The molecule has 0 atom stereocenters. The molecule has 6 nitrogen and oxygen atoms in total. The standard InChI is InChI=1S/C20H20N2O4S/c23-15-8-7-14(21-9-3-4-10-22-16(24)11-27)17-18(15)20(26)13-6-2-1-5-12(13)19(17)25/h1-2,5-8,21,23,27H,3-4,9-11H2,(H,22,24). The molecule has 0 fully saturated rings. The molecule has 0 bridgehead atoms. The van der Waals surface area contributed by atoms with Crippen LogP contribution in [0.25, 0.3) is 0 Å². The molecule has 0 radical (unpaired) electrons. The van der Waals surface area contributed by atoms with Crippen LogP contribution in [0.5, 0.6) is 5.75 Å². The molecule has 0 saturated carbocycles. The Hall–Kier alpha value is -2.80. The number of anilines is 1. The summed E-state index contributed by atoms with van der Waals surface area (Å²) in [7, 11) is 0. The minimum Gasteiger partial charge on any atom is -0.507 e.